The van der Waals surface area contributed by atoms with E-state index >= 15 is 0 Å². The van der Waals surface area contributed by atoms with Crippen molar-refractivity contribution in [3.63, 3.8) is 0 Å². The Bertz CT molecular complexity index is 621. The molecule has 0 saturated carbocycles. The molecular formula is C12H12N4OS. The van der Waals surface area contributed by atoms with Gasteiger partial charge in [-0.05, 0) is 24.6 Å². The Kier molecular flexibility index (Phi) is 3.85. The highest BCUT2D eigenvalue weighted by molar-refractivity contribution is 7.98. The fourth-order valence-corrected chi connectivity index (χ4v) is 2.48. The summed E-state index contributed by atoms with van der Waals surface area (Å²) in [5.74, 6) is 0.718. The van der Waals surface area contributed by atoms with Crippen molar-refractivity contribution in [1.29, 1.82) is 5.26 Å². The average molecular weight is 260 g/mol. The van der Waals surface area contributed by atoms with Crippen LogP contribution in [0.25, 0.3) is 0 Å². The molecule has 0 atom stereocenters. The van der Waals surface area contributed by atoms with Crippen LogP contribution in [0, 0.1) is 11.3 Å². The lowest BCUT2D eigenvalue weighted by molar-refractivity contribution is 0.660. The third kappa shape index (κ3) is 2.63. The predicted molar refractivity (Wildman–Crippen MR) is 69.2 cm³/mol. The first-order chi connectivity index (χ1) is 8.74. The van der Waals surface area contributed by atoms with E-state index in [2.05, 4.69) is 16.3 Å². The molecule has 5 nitrogen and oxygen atoms in total. The molecule has 0 aliphatic rings. The van der Waals surface area contributed by atoms with Crippen LogP contribution in [0.3, 0.4) is 0 Å². The maximum absolute atomic E-state index is 11.4. The first kappa shape index (κ1) is 12.5. The zero-order chi connectivity index (χ0) is 13.0. The topological polar surface area (TPSA) is 74.5 Å². The number of rotatable bonds is 4. The summed E-state index contributed by atoms with van der Waals surface area (Å²) < 4.78 is 1.59. The molecule has 1 N–H and O–H groups in total. The number of aromatic nitrogens is 3. The molecule has 0 amide bonds. The van der Waals surface area contributed by atoms with Crippen molar-refractivity contribution in [2.24, 2.45) is 0 Å². The van der Waals surface area contributed by atoms with Crippen molar-refractivity contribution in [2.45, 2.75) is 24.4 Å². The first-order valence-electron chi connectivity index (χ1n) is 5.51. The molecular weight excluding hydrogens is 248 g/mol. The van der Waals surface area contributed by atoms with Gasteiger partial charge >= 0.3 is 5.69 Å². The smallest absolute Gasteiger partial charge is 0.270 e. The van der Waals surface area contributed by atoms with Gasteiger partial charge in [0.25, 0.3) is 0 Å². The zero-order valence-electron chi connectivity index (χ0n) is 9.88. The number of hydrogen-bond acceptors (Lipinski definition) is 4. The van der Waals surface area contributed by atoms with Gasteiger partial charge in [-0.15, -0.1) is 5.10 Å². The quantitative estimate of drug-likeness (QED) is 0.850. The molecule has 1 aromatic carbocycles. The number of thioether (sulfide) groups is 1. The Balaban J connectivity index is 2.07. The third-order valence-electron chi connectivity index (χ3n) is 2.49. The second kappa shape index (κ2) is 5.56. The molecule has 0 bridgehead atoms. The monoisotopic (exact) mass is 260 g/mol. The minimum Gasteiger partial charge on any atom is -0.270 e. The number of nitrogens with one attached hydrogen (secondary N) is 1. The maximum atomic E-state index is 11.4. The predicted octanol–water partition coefficient (Wildman–Crippen LogP) is 1.76. The van der Waals surface area contributed by atoms with Crippen LogP contribution in [-0.4, -0.2) is 14.8 Å². The highest BCUT2D eigenvalue weighted by Crippen LogP contribution is 2.19. The minimum absolute atomic E-state index is 0.181. The van der Waals surface area contributed by atoms with Crippen LogP contribution in [0.2, 0.25) is 0 Å². The van der Waals surface area contributed by atoms with Gasteiger partial charge < -0.3 is 0 Å². The molecule has 0 unspecified atom stereocenters. The highest BCUT2D eigenvalue weighted by Gasteiger charge is 2.06. The number of nitriles is 1. The molecule has 0 aliphatic heterocycles. The maximum Gasteiger partial charge on any atom is 0.343 e. The molecule has 92 valence electrons. The van der Waals surface area contributed by atoms with Crippen molar-refractivity contribution in [2.75, 3.05) is 0 Å². The third-order valence-corrected chi connectivity index (χ3v) is 3.54. The van der Waals surface area contributed by atoms with Crippen molar-refractivity contribution in [3.8, 4) is 6.07 Å². The summed E-state index contributed by atoms with van der Waals surface area (Å²) in [6.45, 7) is 2.51. The molecule has 6 heteroatoms. The Hall–Kier alpha value is -2.00. The Labute approximate surface area is 108 Å². The fraction of sp³-hybridized carbons (Fsp3) is 0.250. The number of benzene rings is 1. The van der Waals surface area contributed by atoms with E-state index in [1.807, 2.05) is 19.1 Å². The SMILES string of the molecule is CCn1c(SCc2ccc(C#N)cc2)n[nH]c1=O. The van der Waals surface area contributed by atoms with Gasteiger partial charge in [-0.25, -0.2) is 9.89 Å². The second-order valence-corrected chi connectivity index (χ2v) is 4.60. The van der Waals surface area contributed by atoms with Crippen LogP contribution in [0.5, 0.6) is 0 Å². The van der Waals surface area contributed by atoms with Crippen molar-refractivity contribution in [1.82, 2.24) is 14.8 Å². The summed E-state index contributed by atoms with van der Waals surface area (Å²) in [4.78, 5) is 11.4. The van der Waals surface area contributed by atoms with E-state index in [4.69, 9.17) is 5.26 Å². The van der Waals surface area contributed by atoms with E-state index in [0.29, 0.717) is 17.3 Å². The normalized spacial score (nSPS) is 10.2. The number of H-pyrrole nitrogens is 1. The van der Waals surface area contributed by atoms with Crippen molar-refractivity contribution < 1.29 is 0 Å². The van der Waals surface area contributed by atoms with Gasteiger partial charge in [0.1, 0.15) is 0 Å². The van der Waals surface area contributed by atoms with E-state index in [1.165, 1.54) is 11.8 Å². The van der Waals surface area contributed by atoms with Crippen LogP contribution in [0.1, 0.15) is 18.1 Å². The molecule has 2 rings (SSSR count). The van der Waals surface area contributed by atoms with Gasteiger partial charge in [-0.3, -0.25) is 4.57 Å². The number of hydrogen-bond donors (Lipinski definition) is 1. The minimum atomic E-state index is -0.181. The molecule has 0 fully saturated rings. The molecule has 0 spiro atoms. The van der Waals surface area contributed by atoms with Crippen LogP contribution >= 0.6 is 11.8 Å². The van der Waals surface area contributed by atoms with Gasteiger partial charge in [-0.2, -0.15) is 5.26 Å². The average Bonchev–Trinajstić information content (AvgIpc) is 2.77. The lowest BCUT2D eigenvalue weighted by Crippen LogP contribution is -2.16. The first-order valence-corrected chi connectivity index (χ1v) is 6.50. The second-order valence-electron chi connectivity index (χ2n) is 3.65. The summed E-state index contributed by atoms with van der Waals surface area (Å²) >= 11 is 1.50. The van der Waals surface area contributed by atoms with E-state index < -0.39 is 0 Å². The molecule has 0 aliphatic carbocycles. The lowest BCUT2D eigenvalue weighted by Gasteiger charge is -2.02. The summed E-state index contributed by atoms with van der Waals surface area (Å²) in [6.07, 6.45) is 0. The molecule has 2 aromatic rings. The summed E-state index contributed by atoms with van der Waals surface area (Å²) in [5.41, 5.74) is 1.56. The molecule has 18 heavy (non-hydrogen) atoms. The van der Waals surface area contributed by atoms with E-state index in [0.717, 1.165) is 11.3 Å². The molecule has 1 heterocycles. The fourth-order valence-electron chi connectivity index (χ4n) is 1.52. The molecule has 0 radical (unpaired) electrons. The molecule has 1 aromatic heterocycles. The van der Waals surface area contributed by atoms with Gasteiger partial charge in [0.2, 0.25) is 0 Å². The van der Waals surface area contributed by atoms with Crippen molar-refractivity contribution >= 4 is 11.8 Å². The largest absolute Gasteiger partial charge is 0.343 e. The summed E-state index contributed by atoms with van der Waals surface area (Å²) in [7, 11) is 0. The Morgan fingerprint density at radius 1 is 1.44 bits per heavy atom. The number of aromatic amines is 1. The van der Waals surface area contributed by atoms with E-state index in [1.54, 1.807) is 16.7 Å². The van der Waals surface area contributed by atoms with Gasteiger partial charge in [0, 0.05) is 12.3 Å². The summed E-state index contributed by atoms with van der Waals surface area (Å²) in [6, 6.07) is 9.47. The van der Waals surface area contributed by atoms with Crippen LogP contribution < -0.4 is 5.69 Å². The van der Waals surface area contributed by atoms with Crippen molar-refractivity contribution in [3.05, 3.63) is 45.9 Å². The Morgan fingerprint density at radius 3 is 2.78 bits per heavy atom. The zero-order valence-corrected chi connectivity index (χ0v) is 10.7. The van der Waals surface area contributed by atoms with Gasteiger partial charge in [0.15, 0.2) is 5.16 Å². The number of nitrogens with zero attached hydrogens (tertiary/aromatic N) is 3. The van der Waals surface area contributed by atoms with Crippen LogP contribution in [-0.2, 0) is 12.3 Å². The van der Waals surface area contributed by atoms with Crippen LogP contribution in [0.15, 0.2) is 34.2 Å². The molecule has 0 saturated heterocycles. The van der Waals surface area contributed by atoms with Gasteiger partial charge in [0.05, 0.1) is 11.6 Å². The van der Waals surface area contributed by atoms with E-state index in [9.17, 15) is 4.79 Å². The van der Waals surface area contributed by atoms with E-state index in [-0.39, 0.29) is 5.69 Å². The standard InChI is InChI=1S/C12H12N4OS/c1-2-16-11(17)14-15-12(16)18-8-10-5-3-9(7-13)4-6-10/h3-6H,2,8H2,1H3,(H,14,17). The summed E-state index contributed by atoms with van der Waals surface area (Å²) in [5, 5.41) is 15.8. The van der Waals surface area contributed by atoms with Gasteiger partial charge in [-0.1, -0.05) is 23.9 Å². The Morgan fingerprint density at radius 2 is 2.17 bits per heavy atom. The lowest BCUT2D eigenvalue weighted by atomic mass is 10.2. The van der Waals surface area contributed by atoms with Crippen LogP contribution in [0.4, 0.5) is 0 Å². The highest BCUT2D eigenvalue weighted by atomic mass is 32.2.